The van der Waals surface area contributed by atoms with Gasteiger partial charge in [0.2, 0.25) is 0 Å². The Bertz CT molecular complexity index is 1340. The van der Waals surface area contributed by atoms with Crippen LogP contribution in [0, 0.1) is 6.92 Å². The van der Waals surface area contributed by atoms with E-state index in [-0.39, 0.29) is 17.7 Å². The van der Waals surface area contributed by atoms with Gasteiger partial charge in [-0.2, -0.15) is 4.98 Å². The normalized spacial score (nSPS) is 12.7. The van der Waals surface area contributed by atoms with Crippen LogP contribution in [0.2, 0.25) is 0 Å². The van der Waals surface area contributed by atoms with Gasteiger partial charge in [0.1, 0.15) is 0 Å². The summed E-state index contributed by atoms with van der Waals surface area (Å²) in [6.07, 6.45) is 0. The Morgan fingerprint density at radius 3 is 2.22 bits per heavy atom. The van der Waals surface area contributed by atoms with Crippen LogP contribution in [0.4, 0.5) is 11.4 Å². The zero-order valence-electron chi connectivity index (χ0n) is 16.9. The summed E-state index contributed by atoms with van der Waals surface area (Å²) in [6, 6.07) is 20.0. The molecule has 32 heavy (non-hydrogen) atoms. The van der Waals surface area contributed by atoms with Crippen LogP contribution in [0.5, 0.6) is 0 Å². The van der Waals surface area contributed by atoms with Crippen molar-refractivity contribution in [3.05, 3.63) is 95.3 Å². The van der Waals surface area contributed by atoms with Crippen LogP contribution in [-0.4, -0.2) is 27.9 Å². The van der Waals surface area contributed by atoms with Crippen molar-refractivity contribution in [1.82, 2.24) is 10.1 Å². The highest BCUT2D eigenvalue weighted by Crippen LogP contribution is 2.30. The highest BCUT2D eigenvalue weighted by Gasteiger charge is 2.36. The minimum absolute atomic E-state index is 0.335. The average molecular weight is 424 g/mol. The van der Waals surface area contributed by atoms with Crippen molar-refractivity contribution in [2.75, 3.05) is 10.2 Å². The Labute approximate surface area is 182 Å². The standard InChI is InChI=1S/C24H16N4O4/c1-14-25-22(32-27-14)16-11-9-15(10-12-16)21(29)26-17-5-4-6-18(13-17)28-23(30)19-7-2-3-8-20(19)24(28)31/h2-13H,1H3,(H,26,29). The molecule has 5 rings (SSSR count). The van der Waals surface area contributed by atoms with Gasteiger partial charge < -0.3 is 9.84 Å². The number of hydrogen-bond acceptors (Lipinski definition) is 6. The van der Waals surface area contributed by atoms with Gasteiger partial charge in [0, 0.05) is 16.8 Å². The van der Waals surface area contributed by atoms with Gasteiger partial charge in [-0.25, -0.2) is 4.90 Å². The first-order valence-electron chi connectivity index (χ1n) is 9.81. The molecule has 0 aliphatic carbocycles. The van der Waals surface area contributed by atoms with Gasteiger partial charge in [-0.05, 0) is 61.5 Å². The van der Waals surface area contributed by atoms with Crippen molar-refractivity contribution in [1.29, 1.82) is 0 Å². The van der Waals surface area contributed by atoms with Crippen molar-refractivity contribution in [2.45, 2.75) is 6.92 Å². The predicted octanol–water partition coefficient (Wildman–Crippen LogP) is 4.10. The van der Waals surface area contributed by atoms with Crippen molar-refractivity contribution in [2.24, 2.45) is 0 Å². The van der Waals surface area contributed by atoms with Crippen LogP contribution in [0.1, 0.15) is 36.9 Å². The summed E-state index contributed by atoms with van der Waals surface area (Å²) in [4.78, 5) is 43.4. The zero-order chi connectivity index (χ0) is 22.2. The molecule has 1 N–H and O–H groups in total. The second-order valence-corrected chi connectivity index (χ2v) is 7.22. The number of imide groups is 1. The number of carbonyl (C=O) groups excluding carboxylic acids is 3. The van der Waals surface area contributed by atoms with E-state index in [9.17, 15) is 14.4 Å². The Kier molecular flexibility index (Phi) is 4.59. The first kappa shape index (κ1) is 19.4. The van der Waals surface area contributed by atoms with Crippen LogP contribution >= 0.6 is 0 Å². The van der Waals surface area contributed by atoms with E-state index in [0.717, 1.165) is 4.90 Å². The lowest BCUT2D eigenvalue weighted by molar-refractivity contribution is 0.0925. The SMILES string of the molecule is Cc1noc(-c2ccc(C(=O)Nc3cccc(N4C(=O)c5ccccc5C4=O)c3)cc2)n1. The molecule has 0 saturated carbocycles. The minimum atomic E-state index is -0.388. The summed E-state index contributed by atoms with van der Waals surface area (Å²) in [5.41, 5.74) is 2.70. The van der Waals surface area contributed by atoms with E-state index >= 15 is 0 Å². The molecule has 0 atom stereocenters. The molecular weight excluding hydrogens is 408 g/mol. The van der Waals surface area contributed by atoms with Gasteiger partial charge in [0.05, 0.1) is 16.8 Å². The Morgan fingerprint density at radius 1 is 0.906 bits per heavy atom. The van der Waals surface area contributed by atoms with E-state index in [2.05, 4.69) is 15.5 Å². The third-order valence-electron chi connectivity index (χ3n) is 5.08. The van der Waals surface area contributed by atoms with Gasteiger partial charge in [-0.15, -0.1) is 0 Å². The highest BCUT2D eigenvalue weighted by molar-refractivity contribution is 6.34. The van der Waals surface area contributed by atoms with Gasteiger partial charge in [-0.3, -0.25) is 14.4 Å². The fraction of sp³-hybridized carbons (Fsp3) is 0.0417. The molecule has 0 fully saturated rings. The Hall–Kier alpha value is -4.59. The minimum Gasteiger partial charge on any atom is -0.334 e. The van der Waals surface area contributed by atoms with E-state index in [0.29, 0.717) is 45.3 Å². The van der Waals surface area contributed by atoms with Gasteiger partial charge >= 0.3 is 0 Å². The molecule has 8 nitrogen and oxygen atoms in total. The van der Waals surface area contributed by atoms with Crippen molar-refractivity contribution >= 4 is 29.1 Å². The molecule has 2 heterocycles. The number of fused-ring (bicyclic) bond motifs is 1. The van der Waals surface area contributed by atoms with Crippen molar-refractivity contribution in [3.63, 3.8) is 0 Å². The first-order chi connectivity index (χ1) is 15.5. The van der Waals surface area contributed by atoms with E-state index in [4.69, 9.17) is 4.52 Å². The summed E-state index contributed by atoms with van der Waals surface area (Å²) < 4.78 is 5.13. The number of benzene rings is 3. The fourth-order valence-corrected chi connectivity index (χ4v) is 3.53. The van der Waals surface area contributed by atoms with Crippen LogP contribution in [0.25, 0.3) is 11.5 Å². The molecule has 0 bridgehead atoms. The summed E-state index contributed by atoms with van der Waals surface area (Å²) in [7, 11) is 0. The van der Waals surface area contributed by atoms with Crippen LogP contribution in [0.3, 0.4) is 0 Å². The number of amides is 3. The number of nitrogens with one attached hydrogen (secondary N) is 1. The van der Waals surface area contributed by atoms with Gasteiger partial charge in [-0.1, -0.05) is 23.4 Å². The van der Waals surface area contributed by atoms with E-state index in [1.165, 1.54) is 0 Å². The quantitative estimate of drug-likeness (QED) is 0.495. The van der Waals surface area contributed by atoms with Crippen LogP contribution in [0.15, 0.2) is 77.3 Å². The van der Waals surface area contributed by atoms with E-state index < -0.39 is 0 Å². The second-order valence-electron chi connectivity index (χ2n) is 7.22. The molecule has 0 saturated heterocycles. The van der Waals surface area contributed by atoms with Crippen LogP contribution in [-0.2, 0) is 0 Å². The fourth-order valence-electron chi connectivity index (χ4n) is 3.53. The maximum atomic E-state index is 12.7. The molecule has 3 aromatic carbocycles. The topological polar surface area (TPSA) is 105 Å². The largest absolute Gasteiger partial charge is 0.334 e. The number of aryl methyl sites for hydroxylation is 1. The molecule has 0 radical (unpaired) electrons. The van der Waals surface area contributed by atoms with Crippen molar-refractivity contribution < 1.29 is 18.9 Å². The number of hydrogen-bond donors (Lipinski definition) is 1. The number of anilines is 2. The number of nitrogens with zero attached hydrogens (tertiary/aromatic N) is 3. The summed E-state index contributed by atoms with van der Waals surface area (Å²) >= 11 is 0. The molecule has 156 valence electrons. The third-order valence-corrected chi connectivity index (χ3v) is 5.08. The molecule has 3 amide bonds. The average Bonchev–Trinajstić information content (AvgIpc) is 3.35. The van der Waals surface area contributed by atoms with E-state index in [1.54, 1.807) is 79.7 Å². The summed E-state index contributed by atoms with van der Waals surface area (Å²) in [6.45, 7) is 1.73. The molecule has 1 aliphatic rings. The maximum absolute atomic E-state index is 12.7. The van der Waals surface area contributed by atoms with Crippen molar-refractivity contribution in [3.8, 4) is 11.5 Å². The third kappa shape index (κ3) is 3.33. The smallest absolute Gasteiger partial charge is 0.266 e. The Morgan fingerprint density at radius 2 is 1.59 bits per heavy atom. The maximum Gasteiger partial charge on any atom is 0.266 e. The molecule has 0 spiro atoms. The number of rotatable bonds is 4. The molecular formula is C24H16N4O4. The molecule has 4 aromatic rings. The molecule has 1 aliphatic heterocycles. The first-order valence-corrected chi connectivity index (χ1v) is 9.81. The number of aromatic nitrogens is 2. The molecule has 0 unspecified atom stereocenters. The lowest BCUT2D eigenvalue weighted by Crippen LogP contribution is -2.29. The lowest BCUT2D eigenvalue weighted by atomic mass is 10.1. The molecule has 8 heteroatoms. The zero-order valence-corrected chi connectivity index (χ0v) is 16.9. The van der Waals surface area contributed by atoms with Gasteiger partial charge in [0.25, 0.3) is 23.6 Å². The van der Waals surface area contributed by atoms with Crippen LogP contribution < -0.4 is 10.2 Å². The summed E-state index contributed by atoms with van der Waals surface area (Å²) in [5, 5.41) is 6.55. The highest BCUT2D eigenvalue weighted by atomic mass is 16.5. The number of carbonyl (C=O) groups is 3. The predicted molar refractivity (Wildman–Crippen MR) is 116 cm³/mol. The second kappa shape index (κ2) is 7.59. The lowest BCUT2D eigenvalue weighted by Gasteiger charge is -2.15. The summed E-state index contributed by atoms with van der Waals surface area (Å²) in [5.74, 6) is -0.206. The van der Waals surface area contributed by atoms with Gasteiger partial charge in [0.15, 0.2) is 5.82 Å². The molecule has 1 aromatic heterocycles. The Balaban J connectivity index is 1.35. The monoisotopic (exact) mass is 424 g/mol. The van der Waals surface area contributed by atoms with E-state index in [1.807, 2.05) is 0 Å².